The van der Waals surface area contributed by atoms with Crippen molar-refractivity contribution < 1.29 is 0 Å². The minimum Gasteiger partial charge on any atom is -0.249 e. The van der Waals surface area contributed by atoms with Crippen molar-refractivity contribution in [2.75, 3.05) is 0 Å². The standard InChI is InChI=1S/C11H7BrClN3/c12-10-6-15-16(11(10)5-14)7-8-2-1-3-9(13)4-8/h1-4,6H,7H2. The van der Waals surface area contributed by atoms with Crippen molar-refractivity contribution in [3.8, 4) is 6.07 Å². The number of hydrogen-bond acceptors (Lipinski definition) is 2. The highest BCUT2D eigenvalue weighted by atomic mass is 79.9. The van der Waals surface area contributed by atoms with Gasteiger partial charge in [0.15, 0.2) is 5.69 Å². The second-order valence-electron chi connectivity index (χ2n) is 3.24. The molecule has 0 radical (unpaired) electrons. The number of hydrogen-bond donors (Lipinski definition) is 0. The summed E-state index contributed by atoms with van der Waals surface area (Å²) in [5.74, 6) is 0. The largest absolute Gasteiger partial charge is 0.249 e. The van der Waals surface area contributed by atoms with Crippen LogP contribution in [0.2, 0.25) is 5.02 Å². The van der Waals surface area contributed by atoms with Crippen LogP contribution in [0.15, 0.2) is 34.9 Å². The molecule has 1 aromatic carbocycles. The first-order chi connectivity index (χ1) is 7.70. The summed E-state index contributed by atoms with van der Waals surface area (Å²) in [6.45, 7) is 0.537. The van der Waals surface area contributed by atoms with Crippen molar-refractivity contribution in [3.05, 3.63) is 51.2 Å². The highest BCUT2D eigenvalue weighted by Crippen LogP contribution is 2.17. The first kappa shape index (κ1) is 11.2. The normalized spacial score (nSPS) is 10.1. The van der Waals surface area contributed by atoms with E-state index in [1.807, 2.05) is 24.3 Å². The Morgan fingerprint density at radius 3 is 3.00 bits per heavy atom. The highest BCUT2D eigenvalue weighted by Gasteiger charge is 2.08. The van der Waals surface area contributed by atoms with Crippen LogP contribution in [-0.2, 0) is 6.54 Å². The van der Waals surface area contributed by atoms with E-state index in [1.165, 1.54) is 0 Å². The average molecular weight is 297 g/mol. The number of nitrogens with zero attached hydrogens (tertiary/aromatic N) is 3. The van der Waals surface area contributed by atoms with Gasteiger partial charge in [0.2, 0.25) is 0 Å². The third kappa shape index (κ3) is 2.26. The van der Waals surface area contributed by atoms with E-state index >= 15 is 0 Å². The Bertz CT molecular complexity index is 557. The van der Waals surface area contributed by atoms with Gasteiger partial charge in [0.1, 0.15) is 6.07 Å². The second kappa shape index (κ2) is 4.69. The molecule has 3 nitrogen and oxygen atoms in total. The van der Waals surface area contributed by atoms with Gasteiger partial charge < -0.3 is 0 Å². The summed E-state index contributed by atoms with van der Waals surface area (Å²) in [5.41, 5.74) is 1.53. The van der Waals surface area contributed by atoms with Crippen molar-refractivity contribution in [2.24, 2.45) is 0 Å². The maximum Gasteiger partial charge on any atom is 0.153 e. The number of benzene rings is 1. The van der Waals surface area contributed by atoms with Crippen LogP contribution in [0.25, 0.3) is 0 Å². The average Bonchev–Trinajstić information content (AvgIpc) is 2.59. The highest BCUT2D eigenvalue weighted by molar-refractivity contribution is 9.10. The summed E-state index contributed by atoms with van der Waals surface area (Å²) < 4.78 is 2.34. The van der Waals surface area contributed by atoms with E-state index in [1.54, 1.807) is 10.9 Å². The topological polar surface area (TPSA) is 41.6 Å². The molecule has 0 atom stereocenters. The van der Waals surface area contributed by atoms with Gasteiger partial charge >= 0.3 is 0 Å². The Morgan fingerprint density at radius 1 is 1.50 bits per heavy atom. The third-order valence-electron chi connectivity index (χ3n) is 2.12. The van der Waals surface area contributed by atoms with Crippen molar-refractivity contribution in [3.63, 3.8) is 0 Å². The lowest BCUT2D eigenvalue weighted by atomic mass is 10.2. The first-order valence-electron chi connectivity index (χ1n) is 4.56. The molecule has 2 aromatic rings. The van der Waals surface area contributed by atoms with Gasteiger partial charge in [-0.25, -0.2) is 4.68 Å². The fourth-order valence-electron chi connectivity index (χ4n) is 1.40. The van der Waals surface area contributed by atoms with E-state index in [4.69, 9.17) is 16.9 Å². The van der Waals surface area contributed by atoms with Crippen LogP contribution in [0, 0.1) is 11.3 Å². The molecule has 16 heavy (non-hydrogen) atoms. The first-order valence-corrected chi connectivity index (χ1v) is 5.73. The lowest BCUT2D eigenvalue weighted by Gasteiger charge is -2.03. The molecule has 0 bridgehead atoms. The second-order valence-corrected chi connectivity index (χ2v) is 4.53. The molecule has 0 spiro atoms. The van der Waals surface area contributed by atoms with Crippen molar-refractivity contribution in [2.45, 2.75) is 6.54 Å². The summed E-state index contributed by atoms with van der Waals surface area (Å²) in [5, 5.41) is 13.8. The predicted octanol–water partition coefficient (Wildman–Crippen LogP) is 3.22. The molecule has 0 saturated carbocycles. The zero-order valence-electron chi connectivity index (χ0n) is 8.19. The maximum absolute atomic E-state index is 8.95. The monoisotopic (exact) mass is 295 g/mol. The van der Waals surface area contributed by atoms with Gasteiger partial charge in [0.05, 0.1) is 17.2 Å². The minimum absolute atomic E-state index is 0.514. The Hall–Kier alpha value is -1.31. The van der Waals surface area contributed by atoms with Crippen LogP contribution in [0.1, 0.15) is 11.3 Å². The van der Waals surface area contributed by atoms with E-state index in [9.17, 15) is 0 Å². The van der Waals surface area contributed by atoms with Crippen LogP contribution < -0.4 is 0 Å². The Balaban J connectivity index is 2.31. The number of nitriles is 1. The number of halogens is 2. The minimum atomic E-state index is 0.514. The fraction of sp³-hybridized carbons (Fsp3) is 0.0909. The van der Waals surface area contributed by atoms with Crippen LogP contribution in [0.4, 0.5) is 0 Å². The summed E-state index contributed by atoms with van der Waals surface area (Å²) in [7, 11) is 0. The molecule has 1 heterocycles. The summed E-state index contributed by atoms with van der Waals surface area (Å²) in [6, 6.07) is 9.60. The molecule has 0 aliphatic carbocycles. The molecule has 0 N–H and O–H groups in total. The smallest absolute Gasteiger partial charge is 0.153 e. The van der Waals surface area contributed by atoms with Crippen LogP contribution in [0.3, 0.4) is 0 Å². The molecule has 1 aromatic heterocycles. The molecule has 0 saturated heterocycles. The Kier molecular flexibility index (Phi) is 3.28. The van der Waals surface area contributed by atoms with Crippen molar-refractivity contribution in [1.29, 1.82) is 5.26 Å². The van der Waals surface area contributed by atoms with Gasteiger partial charge in [0, 0.05) is 5.02 Å². The maximum atomic E-state index is 8.95. The van der Waals surface area contributed by atoms with Crippen molar-refractivity contribution in [1.82, 2.24) is 9.78 Å². The zero-order chi connectivity index (χ0) is 11.5. The van der Waals surface area contributed by atoms with E-state index in [-0.39, 0.29) is 0 Å². The molecular weight excluding hydrogens is 289 g/mol. The number of rotatable bonds is 2. The predicted molar refractivity (Wildman–Crippen MR) is 65.2 cm³/mol. The lowest BCUT2D eigenvalue weighted by molar-refractivity contribution is 0.677. The Labute approximate surface area is 106 Å². The van der Waals surface area contributed by atoms with E-state index < -0.39 is 0 Å². The molecular formula is C11H7BrClN3. The molecule has 5 heteroatoms. The van der Waals surface area contributed by atoms with E-state index in [0.717, 1.165) is 5.56 Å². The van der Waals surface area contributed by atoms with E-state index in [0.29, 0.717) is 21.7 Å². The molecule has 0 fully saturated rings. The van der Waals surface area contributed by atoms with Gasteiger partial charge in [-0.05, 0) is 33.6 Å². The fourth-order valence-corrected chi connectivity index (χ4v) is 2.00. The van der Waals surface area contributed by atoms with Crippen LogP contribution >= 0.6 is 27.5 Å². The van der Waals surface area contributed by atoms with Gasteiger partial charge in [-0.3, -0.25) is 0 Å². The lowest BCUT2D eigenvalue weighted by Crippen LogP contribution is -2.04. The molecule has 0 amide bonds. The quantitative estimate of drug-likeness (QED) is 0.854. The zero-order valence-corrected chi connectivity index (χ0v) is 10.5. The molecule has 0 unspecified atom stereocenters. The van der Waals surface area contributed by atoms with Gasteiger partial charge in [0.25, 0.3) is 0 Å². The van der Waals surface area contributed by atoms with Gasteiger partial charge in [-0.1, -0.05) is 23.7 Å². The summed E-state index contributed by atoms with van der Waals surface area (Å²) in [6.07, 6.45) is 1.61. The van der Waals surface area contributed by atoms with Crippen LogP contribution in [0.5, 0.6) is 0 Å². The third-order valence-corrected chi connectivity index (χ3v) is 2.94. The molecule has 0 aliphatic rings. The number of aromatic nitrogens is 2. The summed E-state index contributed by atoms with van der Waals surface area (Å²) >= 11 is 9.16. The Morgan fingerprint density at radius 2 is 2.31 bits per heavy atom. The molecule has 2 rings (SSSR count). The van der Waals surface area contributed by atoms with Gasteiger partial charge in [-0.15, -0.1) is 0 Å². The van der Waals surface area contributed by atoms with Gasteiger partial charge in [-0.2, -0.15) is 10.4 Å². The molecule has 0 aliphatic heterocycles. The summed E-state index contributed by atoms with van der Waals surface area (Å²) in [4.78, 5) is 0. The van der Waals surface area contributed by atoms with Crippen LogP contribution in [-0.4, -0.2) is 9.78 Å². The van der Waals surface area contributed by atoms with E-state index in [2.05, 4.69) is 27.1 Å². The van der Waals surface area contributed by atoms with Crippen molar-refractivity contribution >= 4 is 27.5 Å². The SMILES string of the molecule is N#Cc1c(Br)cnn1Cc1cccc(Cl)c1. The molecule has 80 valence electrons.